The van der Waals surface area contributed by atoms with E-state index < -0.39 is 0 Å². The predicted molar refractivity (Wildman–Crippen MR) is 31.5 cm³/mol. The molecular formula is C6H9O2+. The zero-order valence-electron chi connectivity index (χ0n) is 4.59. The van der Waals surface area contributed by atoms with E-state index in [0.29, 0.717) is 6.42 Å². The normalized spacial score (nSPS) is 20.5. The number of hydrogen-bond donors (Lipinski definition) is 1. The first kappa shape index (κ1) is 5.35. The van der Waals surface area contributed by atoms with Gasteiger partial charge in [0.15, 0.2) is 0 Å². The summed E-state index contributed by atoms with van der Waals surface area (Å²) in [6.45, 7) is 0. The van der Waals surface area contributed by atoms with Gasteiger partial charge in [0.2, 0.25) is 5.76 Å². The lowest BCUT2D eigenvalue weighted by molar-refractivity contribution is 0.418. The Bertz CT molecular complexity index is 135. The molecule has 44 valence electrons. The second-order valence-electron chi connectivity index (χ2n) is 1.93. The largest absolute Gasteiger partial charge is 0.501 e. The van der Waals surface area contributed by atoms with Gasteiger partial charge in [0.1, 0.15) is 0 Å². The van der Waals surface area contributed by atoms with Crippen molar-refractivity contribution in [1.29, 1.82) is 0 Å². The third kappa shape index (κ3) is 0.886. The summed E-state index contributed by atoms with van der Waals surface area (Å²) in [5.74, 6) is 0.201. The molecule has 1 rings (SSSR count). The summed E-state index contributed by atoms with van der Waals surface area (Å²) in [7, 11) is 0. The van der Waals surface area contributed by atoms with Crippen LogP contribution in [0, 0.1) is 0 Å². The van der Waals surface area contributed by atoms with E-state index in [1.165, 1.54) is 0 Å². The standard InChI is InChI=1S/C6H8O2/c7-5-3-1-2-4-6(5)8/h3,7H,1-2,4H2/p+1. The molecule has 0 heterocycles. The molecule has 0 aromatic rings. The van der Waals surface area contributed by atoms with Crippen molar-refractivity contribution in [2.24, 2.45) is 0 Å². The van der Waals surface area contributed by atoms with Crippen molar-refractivity contribution in [2.45, 2.75) is 19.3 Å². The van der Waals surface area contributed by atoms with Crippen LogP contribution in [-0.4, -0.2) is 15.7 Å². The summed E-state index contributed by atoms with van der Waals surface area (Å²) >= 11 is 0. The van der Waals surface area contributed by atoms with Crippen LogP contribution in [0.5, 0.6) is 0 Å². The van der Waals surface area contributed by atoms with Gasteiger partial charge in [-0.3, -0.25) is 4.79 Å². The van der Waals surface area contributed by atoms with Crippen molar-refractivity contribution in [3.63, 3.8) is 0 Å². The van der Waals surface area contributed by atoms with E-state index in [2.05, 4.69) is 0 Å². The highest BCUT2D eigenvalue weighted by molar-refractivity contribution is 5.94. The van der Waals surface area contributed by atoms with Crippen LogP contribution in [0.1, 0.15) is 19.3 Å². The molecule has 0 unspecified atom stereocenters. The predicted octanol–water partition coefficient (Wildman–Crippen LogP) is 1.16. The van der Waals surface area contributed by atoms with Gasteiger partial charge in [0.25, 0.3) is 0 Å². The van der Waals surface area contributed by atoms with Gasteiger partial charge < -0.3 is 5.11 Å². The maximum Gasteiger partial charge on any atom is 0.357 e. The lowest BCUT2D eigenvalue weighted by Gasteiger charge is -1.98. The van der Waals surface area contributed by atoms with E-state index in [9.17, 15) is 0 Å². The van der Waals surface area contributed by atoms with Crippen molar-refractivity contribution in [3.05, 3.63) is 11.8 Å². The van der Waals surface area contributed by atoms with Crippen molar-refractivity contribution in [3.8, 4) is 0 Å². The number of rotatable bonds is 0. The minimum atomic E-state index is 0.0660. The summed E-state index contributed by atoms with van der Waals surface area (Å²) in [4.78, 5) is 8.78. The van der Waals surface area contributed by atoms with Gasteiger partial charge in [0.05, 0.1) is 6.42 Å². The van der Waals surface area contributed by atoms with Crippen molar-refractivity contribution in [1.82, 2.24) is 0 Å². The molecular weight excluding hydrogens is 104 g/mol. The molecule has 0 aliphatic heterocycles. The van der Waals surface area contributed by atoms with Gasteiger partial charge >= 0.3 is 5.78 Å². The van der Waals surface area contributed by atoms with Crippen LogP contribution < -0.4 is 0 Å². The number of carbonyl (C=O) groups excluding carboxylic acids is 1. The van der Waals surface area contributed by atoms with Crippen molar-refractivity contribution >= 4 is 5.78 Å². The Balaban J connectivity index is 2.67. The van der Waals surface area contributed by atoms with Gasteiger partial charge in [-0.2, -0.15) is 0 Å². The fourth-order valence-electron chi connectivity index (χ4n) is 0.754. The number of hydrogen-bond acceptors (Lipinski definition) is 1. The van der Waals surface area contributed by atoms with E-state index in [1.54, 1.807) is 6.08 Å². The molecule has 0 bridgehead atoms. The molecule has 0 atom stereocenters. The first-order valence-corrected chi connectivity index (χ1v) is 2.75. The molecule has 0 amide bonds. The maximum atomic E-state index is 8.78. The SMILES string of the molecule is OC1=CCCCC1=[OH+]. The van der Waals surface area contributed by atoms with E-state index in [0.717, 1.165) is 12.8 Å². The third-order valence-electron chi connectivity index (χ3n) is 1.25. The molecule has 2 heteroatoms. The van der Waals surface area contributed by atoms with Gasteiger partial charge in [0, 0.05) is 0 Å². The number of aliphatic hydroxyl groups excluding tert-OH is 1. The minimum Gasteiger partial charge on any atom is -0.501 e. The second kappa shape index (κ2) is 1.99. The highest BCUT2D eigenvalue weighted by Crippen LogP contribution is 2.10. The van der Waals surface area contributed by atoms with Crippen LogP contribution in [0.25, 0.3) is 0 Å². The summed E-state index contributed by atoms with van der Waals surface area (Å²) in [6, 6.07) is 0. The van der Waals surface area contributed by atoms with Gasteiger partial charge in [-0.25, -0.2) is 0 Å². The van der Waals surface area contributed by atoms with Gasteiger partial charge in [-0.15, -0.1) is 0 Å². The molecule has 0 saturated carbocycles. The van der Waals surface area contributed by atoms with Crippen LogP contribution in [-0.2, 0) is 0 Å². The Morgan fingerprint density at radius 1 is 1.62 bits per heavy atom. The van der Waals surface area contributed by atoms with Crippen LogP contribution in [0.2, 0.25) is 0 Å². The van der Waals surface area contributed by atoms with Crippen LogP contribution in [0.15, 0.2) is 11.8 Å². The Kier molecular flexibility index (Phi) is 1.33. The van der Waals surface area contributed by atoms with Gasteiger partial charge in [-0.1, -0.05) is 0 Å². The quantitative estimate of drug-likeness (QED) is 0.470. The fourth-order valence-corrected chi connectivity index (χ4v) is 0.754. The average Bonchev–Trinajstić information content (AvgIpc) is 1.77. The first-order valence-electron chi connectivity index (χ1n) is 2.75. The van der Waals surface area contributed by atoms with E-state index in [1.807, 2.05) is 0 Å². The second-order valence-corrected chi connectivity index (χ2v) is 1.93. The smallest absolute Gasteiger partial charge is 0.357 e. The fraction of sp³-hybridized carbons (Fsp3) is 0.500. The van der Waals surface area contributed by atoms with Gasteiger partial charge in [-0.05, 0) is 18.9 Å². The number of aliphatic hydroxyl groups is 1. The monoisotopic (exact) mass is 113 g/mol. The Hall–Kier alpha value is -0.790. The van der Waals surface area contributed by atoms with E-state index in [-0.39, 0.29) is 11.5 Å². The molecule has 0 aromatic heterocycles. The lowest BCUT2D eigenvalue weighted by atomic mass is 10.1. The molecule has 0 radical (unpaired) electrons. The van der Waals surface area contributed by atoms with Crippen LogP contribution in [0.3, 0.4) is 0 Å². The summed E-state index contributed by atoms with van der Waals surface area (Å²) in [6.07, 6.45) is 4.10. The molecule has 1 aliphatic rings. The Morgan fingerprint density at radius 3 is 2.75 bits per heavy atom. The molecule has 0 fully saturated rings. The molecule has 2 nitrogen and oxygen atoms in total. The van der Waals surface area contributed by atoms with Crippen molar-refractivity contribution in [2.75, 3.05) is 0 Å². The zero-order chi connectivity index (χ0) is 5.98. The third-order valence-corrected chi connectivity index (χ3v) is 1.25. The van der Waals surface area contributed by atoms with Crippen molar-refractivity contribution < 1.29 is 9.90 Å². The molecule has 0 aromatic carbocycles. The molecule has 2 N–H and O–H groups in total. The molecule has 0 spiro atoms. The topological polar surface area (TPSA) is 41.6 Å². The lowest BCUT2D eigenvalue weighted by Crippen LogP contribution is -2.05. The summed E-state index contributed by atoms with van der Waals surface area (Å²) in [5, 5.41) is 8.75. The van der Waals surface area contributed by atoms with Crippen LogP contribution >= 0.6 is 0 Å². The summed E-state index contributed by atoms with van der Waals surface area (Å²) in [5.41, 5.74) is 0. The highest BCUT2D eigenvalue weighted by Gasteiger charge is 2.17. The minimum absolute atomic E-state index is 0.0660. The Morgan fingerprint density at radius 2 is 2.38 bits per heavy atom. The van der Waals surface area contributed by atoms with E-state index in [4.69, 9.17) is 9.90 Å². The zero-order valence-corrected chi connectivity index (χ0v) is 4.59. The number of allylic oxidation sites excluding steroid dienone is 2. The first-order chi connectivity index (χ1) is 3.80. The summed E-state index contributed by atoms with van der Waals surface area (Å²) < 4.78 is 0. The molecule has 8 heavy (non-hydrogen) atoms. The van der Waals surface area contributed by atoms with E-state index >= 15 is 0 Å². The highest BCUT2D eigenvalue weighted by atomic mass is 16.3. The molecule has 1 aliphatic carbocycles. The maximum absolute atomic E-state index is 8.78. The number of ketones is 1. The average molecular weight is 113 g/mol. The molecule has 0 saturated heterocycles. The van der Waals surface area contributed by atoms with Crippen LogP contribution in [0.4, 0.5) is 0 Å². The Labute approximate surface area is 47.8 Å².